The second kappa shape index (κ2) is 5.54. The second-order valence-electron chi connectivity index (χ2n) is 9.07. The monoisotopic (exact) mass is 318 g/mol. The smallest absolute Gasteiger partial charge is 0.145 e. The van der Waals surface area contributed by atoms with Gasteiger partial charge in [0.15, 0.2) is 0 Å². The Morgan fingerprint density at radius 3 is 2.52 bits per heavy atom. The van der Waals surface area contributed by atoms with Crippen LogP contribution in [-0.4, -0.2) is 23.8 Å². The lowest BCUT2D eigenvalue weighted by atomic mass is 9.42. The topological polar surface area (TPSA) is 54.4 Å². The Balaban J connectivity index is 2.08. The molecular weight excluding hydrogens is 288 g/mol. The lowest BCUT2D eigenvalue weighted by Crippen LogP contribution is -2.59. The molecule has 3 rings (SSSR count). The molecule has 0 heterocycles. The van der Waals surface area contributed by atoms with E-state index in [9.17, 15) is 14.7 Å². The number of allylic oxidation sites excluding steroid dienone is 1. The molecule has 0 aliphatic heterocycles. The zero-order valence-corrected chi connectivity index (χ0v) is 14.7. The fraction of sp³-hybridized carbons (Fsp3) is 0.800. The average Bonchev–Trinajstić information content (AvgIpc) is 2.64. The molecule has 2 fully saturated rings. The highest BCUT2D eigenvalue weighted by Crippen LogP contribution is 2.66. The number of carbonyl (C=O) groups is 2. The van der Waals surface area contributed by atoms with Gasteiger partial charge in [0.25, 0.3) is 0 Å². The fourth-order valence-corrected chi connectivity index (χ4v) is 6.46. The third-order valence-electron chi connectivity index (χ3n) is 7.62. The standard InChI is InChI=1S/C20H30O3/c1-18(2)8-4-9-19(3)15(18)7-10-20(13-22)16(19)6-5-14(12-21)11-17(20)23/h5,12-13,15-17,23H,4,6-11H2,1-3H3/t15-,16+,17-,19-,20-/m0/s1. The number of aliphatic hydroxyl groups is 1. The first-order chi connectivity index (χ1) is 10.8. The quantitative estimate of drug-likeness (QED) is 0.790. The van der Waals surface area contributed by atoms with Gasteiger partial charge in [-0.2, -0.15) is 0 Å². The van der Waals surface area contributed by atoms with E-state index >= 15 is 0 Å². The maximum Gasteiger partial charge on any atom is 0.145 e. The maximum atomic E-state index is 12.2. The molecule has 2 saturated carbocycles. The van der Waals surface area contributed by atoms with Crippen molar-refractivity contribution in [3.63, 3.8) is 0 Å². The zero-order valence-electron chi connectivity index (χ0n) is 14.7. The van der Waals surface area contributed by atoms with Gasteiger partial charge in [0.1, 0.15) is 12.6 Å². The summed E-state index contributed by atoms with van der Waals surface area (Å²) in [6, 6.07) is 0. The molecule has 1 N–H and O–H groups in total. The van der Waals surface area contributed by atoms with E-state index in [-0.39, 0.29) is 16.7 Å². The summed E-state index contributed by atoms with van der Waals surface area (Å²) in [6.45, 7) is 7.07. The van der Waals surface area contributed by atoms with E-state index < -0.39 is 11.5 Å². The molecule has 0 spiro atoms. The molecular formula is C20H30O3. The van der Waals surface area contributed by atoms with Crippen LogP contribution in [0.2, 0.25) is 0 Å². The van der Waals surface area contributed by atoms with Gasteiger partial charge in [-0.1, -0.05) is 33.3 Å². The van der Waals surface area contributed by atoms with Gasteiger partial charge in [-0.05, 0) is 60.3 Å². The first-order valence-corrected chi connectivity index (χ1v) is 9.09. The van der Waals surface area contributed by atoms with Crippen molar-refractivity contribution in [3.8, 4) is 0 Å². The molecule has 0 amide bonds. The Hall–Kier alpha value is -0.960. The van der Waals surface area contributed by atoms with Crippen molar-refractivity contribution < 1.29 is 14.7 Å². The Morgan fingerprint density at radius 2 is 1.87 bits per heavy atom. The first-order valence-electron chi connectivity index (χ1n) is 9.09. The van der Waals surface area contributed by atoms with Gasteiger partial charge in [0.2, 0.25) is 0 Å². The van der Waals surface area contributed by atoms with Gasteiger partial charge in [-0.25, -0.2) is 0 Å². The van der Waals surface area contributed by atoms with Crippen LogP contribution in [-0.2, 0) is 9.59 Å². The van der Waals surface area contributed by atoms with Crippen molar-refractivity contribution >= 4 is 12.6 Å². The van der Waals surface area contributed by atoms with E-state index in [1.165, 1.54) is 12.8 Å². The van der Waals surface area contributed by atoms with Gasteiger partial charge < -0.3 is 9.90 Å². The van der Waals surface area contributed by atoms with E-state index in [4.69, 9.17) is 0 Å². The van der Waals surface area contributed by atoms with Crippen LogP contribution in [0.5, 0.6) is 0 Å². The van der Waals surface area contributed by atoms with Crippen LogP contribution < -0.4 is 0 Å². The fourth-order valence-electron chi connectivity index (χ4n) is 6.46. The highest BCUT2D eigenvalue weighted by molar-refractivity contribution is 5.74. The minimum atomic E-state index is -0.730. The highest BCUT2D eigenvalue weighted by Gasteiger charge is 2.61. The van der Waals surface area contributed by atoms with Crippen LogP contribution in [0.15, 0.2) is 11.6 Å². The average molecular weight is 318 g/mol. The third kappa shape index (κ3) is 2.34. The number of fused-ring (bicyclic) bond motifs is 3. The first kappa shape index (κ1) is 16.9. The summed E-state index contributed by atoms with van der Waals surface area (Å²) in [5.74, 6) is 0.721. The van der Waals surface area contributed by atoms with Gasteiger partial charge in [0, 0.05) is 6.42 Å². The van der Waals surface area contributed by atoms with Crippen LogP contribution in [0.1, 0.15) is 65.7 Å². The summed E-state index contributed by atoms with van der Waals surface area (Å²) in [5.41, 5.74) is 0.330. The van der Waals surface area contributed by atoms with Crippen LogP contribution in [0.4, 0.5) is 0 Å². The molecule has 0 bridgehead atoms. The van der Waals surface area contributed by atoms with Crippen molar-refractivity contribution in [2.24, 2.45) is 28.1 Å². The summed E-state index contributed by atoms with van der Waals surface area (Å²) in [5, 5.41) is 10.8. The number of aldehydes is 2. The van der Waals surface area contributed by atoms with Crippen LogP contribution in [0.3, 0.4) is 0 Å². The van der Waals surface area contributed by atoms with Gasteiger partial charge in [-0.15, -0.1) is 0 Å². The van der Waals surface area contributed by atoms with Crippen molar-refractivity contribution in [1.82, 2.24) is 0 Å². The van der Waals surface area contributed by atoms with E-state index in [1.54, 1.807) is 0 Å². The minimum absolute atomic E-state index is 0.0662. The molecule has 23 heavy (non-hydrogen) atoms. The number of hydrogen-bond acceptors (Lipinski definition) is 3. The predicted octanol–water partition coefficient (Wildman–Crippen LogP) is 3.69. The third-order valence-corrected chi connectivity index (χ3v) is 7.62. The van der Waals surface area contributed by atoms with Crippen molar-refractivity contribution in [1.29, 1.82) is 0 Å². The number of hydrogen-bond donors (Lipinski definition) is 1. The Bertz CT molecular complexity index is 535. The molecule has 5 atom stereocenters. The van der Waals surface area contributed by atoms with Crippen molar-refractivity contribution in [3.05, 3.63) is 11.6 Å². The Kier molecular flexibility index (Phi) is 4.07. The lowest BCUT2D eigenvalue weighted by Gasteiger charge is -2.62. The number of aliphatic hydroxyl groups excluding tert-OH is 1. The molecule has 3 nitrogen and oxygen atoms in total. The Labute approximate surface area is 139 Å². The van der Waals surface area contributed by atoms with E-state index in [0.717, 1.165) is 38.3 Å². The molecule has 3 aliphatic carbocycles. The lowest BCUT2D eigenvalue weighted by molar-refractivity contribution is -0.170. The molecule has 128 valence electrons. The molecule has 0 saturated heterocycles. The van der Waals surface area contributed by atoms with Gasteiger partial charge in [0.05, 0.1) is 11.5 Å². The van der Waals surface area contributed by atoms with E-state index in [1.807, 2.05) is 6.08 Å². The molecule has 0 unspecified atom stereocenters. The molecule has 0 radical (unpaired) electrons. The van der Waals surface area contributed by atoms with Gasteiger partial charge in [-0.3, -0.25) is 4.79 Å². The Morgan fingerprint density at radius 1 is 1.13 bits per heavy atom. The van der Waals surface area contributed by atoms with Crippen LogP contribution in [0, 0.1) is 28.1 Å². The number of rotatable bonds is 2. The number of carbonyl (C=O) groups excluding carboxylic acids is 2. The summed E-state index contributed by atoms with van der Waals surface area (Å²) in [4.78, 5) is 23.4. The molecule has 3 heteroatoms. The second-order valence-corrected chi connectivity index (χ2v) is 9.07. The predicted molar refractivity (Wildman–Crippen MR) is 89.8 cm³/mol. The summed E-state index contributed by atoms with van der Waals surface area (Å²) < 4.78 is 0. The summed E-state index contributed by atoms with van der Waals surface area (Å²) >= 11 is 0. The largest absolute Gasteiger partial charge is 0.392 e. The normalized spacial score (nSPS) is 45.9. The van der Waals surface area contributed by atoms with Gasteiger partial charge >= 0.3 is 0 Å². The molecule has 0 aromatic heterocycles. The van der Waals surface area contributed by atoms with Crippen molar-refractivity contribution in [2.45, 2.75) is 71.8 Å². The van der Waals surface area contributed by atoms with Crippen LogP contribution >= 0.6 is 0 Å². The van der Waals surface area contributed by atoms with Crippen LogP contribution in [0.25, 0.3) is 0 Å². The SMILES string of the molecule is CC1(C)CCC[C@]2(C)[C@H]3CC=C(C=O)C[C@H](O)[C@]3(C=O)CC[C@@H]12. The molecule has 0 aromatic carbocycles. The zero-order chi connectivity index (χ0) is 16.9. The molecule has 0 aromatic rings. The highest BCUT2D eigenvalue weighted by atomic mass is 16.3. The van der Waals surface area contributed by atoms with Crippen molar-refractivity contribution in [2.75, 3.05) is 0 Å². The minimum Gasteiger partial charge on any atom is -0.392 e. The van der Waals surface area contributed by atoms with E-state index in [2.05, 4.69) is 20.8 Å². The summed E-state index contributed by atoms with van der Waals surface area (Å²) in [7, 11) is 0. The van der Waals surface area contributed by atoms with E-state index in [0.29, 0.717) is 17.9 Å². The molecule has 3 aliphatic rings. The summed E-state index contributed by atoms with van der Waals surface area (Å²) in [6.07, 6.45) is 9.52. The maximum absolute atomic E-state index is 12.2.